The molecule has 0 saturated heterocycles. The molecule has 1 rings (SSSR count). The number of hydrogen-bond acceptors (Lipinski definition) is 8. The number of carbonyl (C=O) groups is 1. The number of nitrogens with one attached hydrogen (secondary N) is 1. The first-order valence-corrected chi connectivity index (χ1v) is 12.7. The Morgan fingerprint density at radius 3 is 1.63 bits per heavy atom. The second-order valence-corrected chi connectivity index (χ2v) is 7.72. The Bertz CT molecular complexity index is 576. The molecule has 0 spiro atoms. The molecule has 0 aromatic heterocycles. The van der Waals surface area contributed by atoms with Crippen molar-refractivity contribution in [1.29, 1.82) is 0 Å². The Balaban J connectivity index is 1.69. The smallest absolute Gasteiger partial charge is 0.407 e. The van der Waals surface area contributed by atoms with E-state index in [0.29, 0.717) is 79.2 Å². The second kappa shape index (κ2) is 25.3. The first-order chi connectivity index (χ1) is 17.3. The largest absolute Gasteiger partial charge is 0.445 e. The maximum absolute atomic E-state index is 11.6. The quantitative estimate of drug-likeness (QED) is 0.204. The highest BCUT2D eigenvalue weighted by atomic mass is 16.6. The van der Waals surface area contributed by atoms with Crippen LogP contribution >= 0.6 is 0 Å². The van der Waals surface area contributed by atoms with Crippen molar-refractivity contribution in [2.75, 3.05) is 85.8 Å². The normalized spacial score (nSPS) is 11.0. The monoisotopic (exact) mass is 499 g/mol. The van der Waals surface area contributed by atoms with Crippen molar-refractivity contribution in [1.82, 2.24) is 5.32 Å². The maximum Gasteiger partial charge on any atom is 0.407 e. The Kier molecular flexibility index (Phi) is 22.7. The van der Waals surface area contributed by atoms with Gasteiger partial charge in [-0.25, -0.2) is 4.79 Å². The van der Waals surface area contributed by atoms with Gasteiger partial charge in [-0.05, 0) is 12.0 Å². The number of benzene rings is 1. The van der Waals surface area contributed by atoms with E-state index in [0.717, 1.165) is 18.6 Å². The first kappa shape index (κ1) is 31.3. The molecule has 35 heavy (non-hydrogen) atoms. The summed E-state index contributed by atoms with van der Waals surface area (Å²) in [4.78, 5) is 11.6. The number of carbonyl (C=O) groups excluding carboxylic acids is 1. The van der Waals surface area contributed by atoms with Gasteiger partial charge in [-0.1, -0.05) is 56.5 Å². The zero-order chi connectivity index (χ0) is 25.1. The van der Waals surface area contributed by atoms with Crippen LogP contribution in [0.4, 0.5) is 4.79 Å². The van der Waals surface area contributed by atoms with Gasteiger partial charge in [0.15, 0.2) is 0 Å². The lowest BCUT2D eigenvalue weighted by molar-refractivity contribution is -0.0167. The molecule has 0 fully saturated rings. The molecule has 0 saturated carbocycles. The molecule has 0 bridgehead atoms. The van der Waals surface area contributed by atoms with E-state index in [1.807, 2.05) is 30.3 Å². The Morgan fingerprint density at radius 2 is 1.11 bits per heavy atom. The van der Waals surface area contributed by atoms with E-state index in [1.54, 1.807) is 0 Å². The van der Waals surface area contributed by atoms with Crippen molar-refractivity contribution in [2.24, 2.45) is 0 Å². The van der Waals surface area contributed by atoms with E-state index < -0.39 is 6.09 Å². The number of ether oxygens (including phenoxy) is 7. The second-order valence-electron chi connectivity index (χ2n) is 7.72. The Hall–Kier alpha value is -1.75. The lowest BCUT2D eigenvalue weighted by atomic mass is 10.2. The van der Waals surface area contributed by atoms with Gasteiger partial charge in [0.25, 0.3) is 0 Å². The van der Waals surface area contributed by atoms with Crippen molar-refractivity contribution in [3.63, 3.8) is 0 Å². The van der Waals surface area contributed by atoms with Crippen LogP contribution in [0.25, 0.3) is 0 Å². The zero-order valence-electron chi connectivity index (χ0n) is 21.4. The number of alkyl carbamates (subject to hydrolysis) is 1. The number of unbranched alkanes of at least 4 members (excludes halogenated alkanes) is 3. The SMILES string of the molecule is CCCCCCOCCOCCOCCOCCOCCOCCNC(=O)OCc1ccccc1. The highest BCUT2D eigenvalue weighted by Crippen LogP contribution is 2.00. The molecule has 1 N–H and O–H groups in total. The van der Waals surface area contributed by atoms with E-state index in [4.69, 9.17) is 33.2 Å². The fourth-order valence-corrected chi connectivity index (χ4v) is 2.83. The van der Waals surface area contributed by atoms with Crippen molar-refractivity contribution in [3.05, 3.63) is 35.9 Å². The van der Waals surface area contributed by atoms with Gasteiger partial charge in [0.05, 0.1) is 72.7 Å². The van der Waals surface area contributed by atoms with Gasteiger partial charge >= 0.3 is 6.09 Å². The third-order valence-corrected chi connectivity index (χ3v) is 4.73. The number of amides is 1. The summed E-state index contributed by atoms with van der Waals surface area (Å²) in [5, 5.41) is 2.64. The van der Waals surface area contributed by atoms with Crippen LogP contribution in [-0.4, -0.2) is 91.9 Å². The summed E-state index contributed by atoms with van der Waals surface area (Å²) in [5.41, 5.74) is 0.947. The van der Waals surface area contributed by atoms with Crippen LogP contribution in [-0.2, 0) is 39.8 Å². The fourth-order valence-electron chi connectivity index (χ4n) is 2.83. The minimum atomic E-state index is -0.458. The summed E-state index contributed by atoms with van der Waals surface area (Å²) in [7, 11) is 0. The third kappa shape index (κ3) is 22.5. The molecule has 0 radical (unpaired) electrons. The van der Waals surface area contributed by atoms with Gasteiger partial charge in [-0.3, -0.25) is 0 Å². The van der Waals surface area contributed by atoms with E-state index in [9.17, 15) is 4.79 Å². The van der Waals surface area contributed by atoms with Gasteiger partial charge < -0.3 is 38.5 Å². The third-order valence-electron chi connectivity index (χ3n) is 4.73. The predicted molar refractivity (Wildman–Crippen MR) is 134 cm³/mol. The van der Waals surface area contributed by atoms with Crippen molar-refractivity contribution in [2.45, 2.75) is 39.2 Å². The molecule has 0 atom stereocenters. The van der Waals surface area contributed by atoms with E-state index >= 15 is 0 Å². The summed E-state index contributed by atoms with van der Waals surface area (Å²) in [6.45, 7) is 9.38. The molecule has 1 aromatic rings. The highest BCUT2D eigenvalue weighted by molar-refractivity contribution is 5.67. The van der Waals surface area contributed by atoms with E-state index in [1.165, 1.54) is 19.3 Å². The standard InChI is InChI=1S/C26H45NO8/c1-2-3-4-8-12-29-14-16-31-18-20-33-22-23-34-21-19-32-17-15-30-13-11-27-26(28)35-24-25-9-6-5-7-10-25/h5-7,9-10H,2-4,8,11-24H2,1H3,(H,27,28). The first-order valence-electron chi connectivity index (χ1n) is 12.7. The molecule has 0 aliphatic carbocycles. The minimum Gasteiger partial charge on any atom is -0.445 e. The van der Waals surface area contributed by atoms with Crippen molar-refractivity contribution >= 4 is 6.09 Å². The van der Waals surface area contributed by atoms with E-state index in [-0.39, 0.29) is 6.61 Å². The molecule has 0 unspecified atom stereocenters. The summed E-state index contributed by atoms with van der Waals surface area (Å²) >= 11 is 0. The molecule has 0 aliphatic heterocycles. The van der Waals surface area contributed by atoms with Gasteiger partial charge in [-0.15, -0.1) is 0 Å². The summed E-state index contributed by atoms with van der Waals surface area (Å²) in [6.07, 6.45) is 4.43. The molecule has 202 valence electrons. The van der Waals surface area contributed by atoms with Crippen LogP contribution in [0.1, 0.15) is 38.2 Å². The van der Waals surface area contributed by atoms with Gasteiger partial charge in [0, 0.05) is 13.2 Å². The zero-order valence-corrected chi connectivity index (χ0v) is 21.4. The van der Waals surface area contributed by atoms with Crippen molar-refractivity contribution < 1.29 is 38.0 Å². The fraction of sp³-hybridized carbons (Fsp3) is 0.731. The van der Waals surface area contributed by atoms with Gasteiger partial charge in [0.2, 0.25) is 0 Å². The minimum absolute atomic E-state index is 0.249. The molecular weight excluding hydrogens is 454 g/mol. The molecule has 1 amide bonds. The summed E-state index contributed by atoms with van der Waals surface area (Å²) < 4.78 is 37.8. The average Bonchev–Trinajstić information content (AvgIpc) is 2.88. The van der Waals surface area contributed by atoms with Crippen LogP contribution in [0.3, 0.4) is 0 Å². The molecule has 0 heterocycles. The van der Waals surface area contributed by atoms with Gasteiger partial charge in [-0.2, -0.15) is 0 Å². The average molecular weight is 500 g/mol. The summed E-state index contributed by atoms with van der Waals surface area (Å²) in [5.74, 6) is 0. The van der Waals surface area contributed by atoms with E-state index in [2.05, 4.69) is 12.2 Å². The van der Waals surface area contributed by atoms with Crippen LogP contribution in [0.2, 0.25) is 0 Å². The molecular formula is C26H45NO8. The summed E-state index contributed by atoms with van der Waals surface area (Å²) in [6, 6.07) is 9.53. The Morgan fingerprint density at radius 1 is 0.629 bits per heavy atom. The van der Waals surface area contributed by atoms with Crippen LogP contribution < -0.4 is 5.32 Å². The molecule has 0 aliphatic rings. The number of rotatable bonds is 25. The lowest BCUT2D eigenvalue weighted by Gasteiger charge is -2.09. The topological polar surface area (TPSA) is 93.7 Å². The molecule has 9 heteroatoms. The van der Waals surface area contributed by atoms with Crippen LogP contribution in [0.5, 0.6) is 0 Å². The predicted octanol–water partition coefficient (Wildman–Crippen LogP) is 3.59. The number of hydrogen-bond donors (Lipinski definition) is 1. The van der Waals surface area contributed by atoms with Crippen LogP contribution in [0, 0.1) is 0 Å². The molecule has 1 aromatic carbocycles. The van der Waals surface area contributed by atoms with Crippen LogP contribution in [0.15, 0.2) is 30.3 Å². The maximum atomic E-state index is 11.6. The van der Waals surface area contributed by atoms with Crippen molar-refractivity contribution in [3.8, 4) is 0 Å². The van der Waals surface area contributed by atoms with Gasteiger partial charge in [0.1, 0.15) is 6.61 Å². The lowest BCUT2D eigenvalue weighted by Crippen LogP contribution is -2.28. The Labute approximate surface area is 210 Å². The highest BCUT2D eigenvalue weighted by Gasteiger charge is 2.01. The molecule has 9 nitrogen and oxygen atoms in total.